The Kier molecular flexibility index (Phi) is 4.70. The van der Waals surface area contributed by atoms with Gasteiger partial charge in [0.2, 0.25) is 6.23 Å². The summed E-state index contributed by atoms with van der Waals surface area (Å²) in [5.74, 6) is 2.31. The first kappa shape index (κ1) is 18.7. The van der Waals surface area contributed by atoms with Crippen LogP contribution in [0.1, 0.15) is 60.7 Å². The quantitative estimate of drug-likeness (QED) is 0.536. The number of hydrogen-bond donors (Lipinski definition) is 0. The van der Waals surface area contributed by atoms with E-state index in [1.54, 1.807) is 7.11 Å². The molecule has 30 heavy (non-hydrogen) atoms. The van der Waals surface area contributed by atoms with Gasteiger partial charge < -0.3 is 9.47 Å². The Bertz CT molecular complexity index is 1070. The average molecular weight is 399 g/mol. The number of ether oxygens (including phenoxy) is 2. The van der Waals surface area contributed by atoms with Gasteiger partial charge in [-0.05, 0) is 47.4 Å². The minimum Gasteiger partial charge on any atom is -0.497 e. The van der Waals surface area contributed by atoms with Crippen LogP contribution >= 0.6 is 0 Å². The van der Waals surface area contributed by atoms with Crippen LogP contribution in [0.15, 0.2) is 77.9 Å². The van der Waals surface area contributed by atoms with Gasteiger partial charge in [0.05, 0.1) is 18.9 Å². The van der Waals surface area contributed by atoms with E-state index in [4.69, 9.17) is 14.6 Å². The minimum absolute atomic E-state index is 0.168. The molecule has 2 heterocycles. The zero-order valence-corrected chi connectivity index (χ0v) is 17.6. The van der Waals surface area contributed by atoms with Crippen molar-refractivity contribution in [3.8, 4) is 11.5 Å². The Morgan fingerprint density at radius 2 is 1.70 bits per heavy atom. The highest BCUT2D eigenvalue weighted by Gasteiger charge is 2.40. The van der Waals surface area contributed by atoms with Crippen molar-refractivity contribution in [3.63, 3.8) is 0 Å². The summed E-state index contributed by atoms with van der Waals surface area (Å²) >= 11 is 0. The van der Waals surface area contributed by atoms with E-state index < -0.39 is 0 Å². The summed E-state index contributed by atoms with van der Waals surface area (Å²) < 4.78 is 11.8. The number of fused-ring (bicyclic) bond motifs is 3. The molecule has 0 amide bonds. The van der Waals surface area contributed by atoms with Gasteiger partial charge >= 0.3 is 0 Å². The molecule has 0 bridgehead atoms. The zero-order valence-electron chi connectivity index (χ0n) is 17.6. The Morgan fingerprint density at radius 1 is 0.967 bits per heavy atom. The van der Waals surface area contributed by atoms with Crippen LogP contribution in [0.5, 0.6) is 11.5 Å². The highest BCUT2D eigenvalue weighted by molar-refractivity contribution is 6.02. The van der Waals surface area contributed by atoms with Gasteiger partial charge in [-0.1, -0.05) is 56.3 Å². The van der Waals surface area contributed by atoms with E-state index in [0.29, 0.717) is 5.92 Å². The molecular weight excluding hydrogens is 372 g/mol. The Morgan fingerprint density at radius 3 is 2.40 bits per heavy atom. The third kappa shape index (κ3) is 3.22. The van der Waals surface area contributed by atoms with Gasteiger partial charge in [-0.15, -0.1) is 0 Å². The van der Waals surface area contributed by atoms with Gasteiger partial charge in [-0.3, -0.25) is 0 Å². The molecule has 0 unspecified atom stereocenters. The number of hydrazone groups is 1. The third-order valence-corrected chi connectivity index (χ3v) is 6.01. The summed E-state index contributed by atoms with van der Waals surface area (Å²) in [6.45, 7) is 4.43. The molecule has 0 N–H and O–H groups in total. The van der Waals surface area contributed by atoms with Gasteiger partial charge in [-0.25, -0.2) is 5.01 Å². The molecule has 152 valence electrons. The van der Waals surface area contributed by atoms with Crippen molar-refractivity contribution in [3.05, 3.63) is 95.1 Å². The fraction of sp³-hybridized carbons (Fsp3) is 0.269. The van der Waals surface area contributed by atoms with Crippen molar-refractivity contribution >= 4 is 5.71 Å². The van der Waals surface area contributed by atoms with Crippen LogP contribution < -0.4 is 9.47 Å². The Balaban J connectivity index is 1.53. The third-order valence-electron chi connectivity index (χ3n) is 6.01. The molecule has 5 rings (SSSR count). The van der Waals surface area contributed by atoms with E-state index in [0.717, 1.165) is 34.8 Å². The molecule has 0 spiro atoms. The largest absolute Gasteiger partial charge is 0.497 e. The molecule has 0 saturated heterocycles. The molecule has 0 saturated carbocycles. The maximum absolute atomic E-state index is 6.45. The summed E-state index contributed by atoms with van der Waals surface area (Å²) in [5.41, 5.74) is 5.84. The van der Waals surface area contributed by atoms with Crippen LogP contribution in [-0.4, -0.2) is 17.8 Å². The van der Waals surface area contributed by atoms with E-state index >= 15 is 0 Å². The number of rotatable bonds is 4. The summed E-state index contributed by atoms with van der Waals surface area (Å²) in [4.78, 5) is 0. The lowest BCUT2D eigenvalue weighted by atomic mass is 9.95. The molecule has 4 heteroatoms. The smallest absolute Gasteiger partial charge is 0.213 e. The van der Waals surface area contributed by atoms with E-state index in [9.17, 15) is 0 Å². The van der Waals surface area contributed by atoms with Crippen molar-refractivity contribution in [2.24, 2.45) is 5.10 Å². The van der Waals surface area contributed by atoms with Crippen molar-refractivity contribution in [2.75, 3.05) is 7.11 Å². The highest BCUT2D eigenvalue weighted by atomic mass is 16.5. The van der Waals surface area contributed by atoms with Crippen LogP contribution in [-0.2, 0) is 0 Å². The zero-order chi connectivity index (χ0) is 20.7. The molecule has 2 aliphatic rings. The van der Waals surface area contributed by atoms with Crippen LogP contribution in [0.4, 0.5) is 0 Å². The highest BCUT2D eigenvalue weighted by Crippen LogP contribution is 2.47. The lowest BCUT2D eigenvalue weighted by Gasteiger charge is -2.38. The second-order valence-corrected chi connectivity index (χ2v) is 8.20. The van der Waals surface area contributed by atoms with Crippen LogP contribution in [0.25, 0.3) is 0 Å². The summed E-state index contributed by atoms with van der Waals surface area (Å²) in [6.07, 6.45) is 0.620. The molecule has 0 aliphatic carbocycles. The molecule has 0 fully saturated rings. The van der Waals surface area contributed by atoms with E-state index in [1.165, 1.54) is 11.1 Å². The summed E-state index contributed by atoms with van der Waals surface area (Å²) in [6, 6.07) is 25.4. The predicted octanol–water partition coefficient (Wildman–Crippen LogP) is 6.06. The minimum atomic E-state index is -0.234. The summed E-state index contributed by atoms with van der Waals surface area (Å²) in [7, 11) is 1.69. The molecule has 3 aromatic carbocycles. The van der Waals surface area contributed by atoms with E-state index in [2.05, 4.69) is 73.5 Å². The lowest BCUT2D eigenvalue weighted by molar-refractivity contribution is -0.0190. The monoisotopic (exact) mass is 398 g/mol. The lowest BCUT2D eigenvalue weighted by Crippen LogP contribution is -2.33. The first-order valence-corrected chi connectivity index (χ1v) is 10.5. The average Bonchev–Trinajstić information content (AvgIpc) is 3.24. The Hall–Kier alpha value is -3.27. The normalized spacial score (nSPS) is 19.7. The second kappa shape index (κ2) is 7.52. The molecule has 0 aromatic heterocycles. The second-order valence-electron chi connectivity index (χ2n) is 8.20. The van der Waals surface area contributed by atoms with Crippen molar-refractivity contribution < 1.29 is 9.47 Å². The molecule has 4 nitrogen and oxygen atoms in total. The molecule has 3 aromatic rings. The summed E-state index contributed by atoms with van der Waals surface area (Å²) in [5, 5.41) is 7.17. The van der Waals surface area contributed by atoms with Crippen molar-refractivity contribution in [1.82, 2.24) is 5.01 Å². The fourth-order valence-corrected chi connectivity index (χ4v) is 4.26. The predicted molar refractivity (Wildman–Crippen MR) is 119 cm³/mol. The molecule has 2 atom stereocenters. The number of benzene rings is 3. The van der Waals surface area contributed by atoms with Gasteiger partial charge in [0.1, 0.15) is 11.5 Å². The number of nitrogens with zero attached hydrogens (tertiary/aromatic N) is 2. The van der Waals surface area contributed by atoms with Gasteiger partial charge in [0.15, 0.2) is 0 Å². The first-order chi connectivity index (χ1) is 14.6. The molecule has 0 radical (unpaired) electrons. The maximum Gasteiger partial charge on any atom is 0.213 e. The number of methoxy groups -OCH3 is 1. The maximum atomic E-state index is 6.45. The first-order valence-electron chi connectivity index (χ1n) is 10.5. The van der Waals surface area contributed by atoms with Crippen molar-refractivity contribution in [1.29, 1.82) is 0 Å². The van der Waals surface area contributed by atoms with E-state index in [-0.39, 0.29) is 12.3 Å². The van der Waals surface area contributed by atoms with Crippen LogP contribution in [0.2, 0.25) is 0 Å². The molecule has 2 aliphatic heterocycles. The fourth-order valence-electron chi connectivity index (χ4n) is 4.26. The topological polar surface area (TPSA) is 34.1 Å². The molecular formula is C26H26N2O2. The van der Waals surface area contributed by atoms with Gasteiger partial charge in [-0.2, -0.15) is 5.10 Å². The van der Waals surface area contributed by atoms with Crippen LogP contribution in [0, 0.1) is 0 Å². The van der Waals surface area contributed by atoms with E-state index in [1.807, 2.05) is 18.2 Å². The van der Waals surface area contributed by atoms with Crippen LogP contribution in [0.3, 0.4) is 0 Å². The number of hydrogen-bond acceptors (Lipinski definition) is 4. The van der Waals surface area contributed by atoms with Crippen molar-refractivity contribution in [2.45, 2.75) is 38.5 Å². The Labute approximate surface area is 177 Å². The van der Waals surface area contributed by atoms with Gasteiger partial charge in [0.25, 0.3) is 0 Å². The number of para-hydroxylation sites is 1. The standard InChI is InChI=1S/C26H26N2O2/c1-17(2)18-8-10-20(11-9-18)26-28-24(22-6-4-5-7-25(22)30-26)16-23(27-28)19-12-14-21(29-3)15-13-19/h4-15,17,24,26H,16H2,1-3H3/t24-,26+/m1/s1. The SMILES string of the molecule is COc1ccc(C2=NN3[C@H](C2)c2ccccc2O[C@H]3c2ccc(C(C)C)cc2)cc1. The van der Waals surface area contributed by atoms with Gasteiger partial charge in [0, 0.05) is 17.5 Å².